The molecule has 2 heterocycles. The zero-order valence-corrected chi connectivity index (χ0v) is 15.7. The van der Waals surface area contributed by atoms with Crippen molar-refractivity contribution in [3.05, 3.63) is 23.8 Å². The van der Waals surface area contributed by atoms with Crippen LogP contribution in [-0.4, -0.2) is 57.4 Å². The third-order valence-electron chi connectivity index (χ3n) is 5.13. The van der Waals surface area contributed by atoms with Gasteiger partial charge in [-0.05, 0) is 56.0 Å². The molecule has 0 radical (unpaired) electrons. The highest BCUT2D eigenvalue weighted by Crippen LogP contribution is 2.31. The molecule has 1 fully saturated rings. The number of rotatable bonds is 8. The van der Waals surface area contributed by atoms with Crippen molar-refractivity contribution in [3.8, 4) is 11.5 Å². The number of piperidine rings is 1. The Morgan fingerprint density at radius 3 is 2.77 bits per heavy atom. The average molecular weight is 362 g/mol. The lowest BCUT2D eigenvalue weighted by atomic mass is 9.92. The Morgan fingerprint density at radius 1 is 1.23 bits per heavy atom. The maximum absolute atomic E-state index is 11.8. The minimum absolute atomic E-state index is 0.140. The van der Waals surface area contributed by atoms with Gasteiger partial charge in [0.05, 0.1) is 6.61 Å². The number of hydrogen-bond donors (Lipinski definition) is 1. The standard InChI is InChI=1S/C20H30N2O4/c1-24-11-8-21-20(23)5-3-16-6-9-22(10-7-16)15-17-2-4-18-19(14-17)26-13-12-25-18/h2,4,14,16H,3,5-13,15H2,1H3,(H,21,23). The maximum atomic E-state index is 11.8. The van der Waals surface area contributed by atoms with Gasteiger partial charge in [0.15, 0.2) is 11.5 Å². The molecule has 0 atom stereocenters. The van der Waals surface area contributed by atoms with Crippen LogP contribution in [0.5, 0.6) is 11.5 Å². The molecule has 26 heavy (non-hydrogen) atoms. The van der Waals surface area contributed by atoms with E-state index >= 15 is 0 Å². The first-order valence-corrected chi connectivity index (χ1v) is 9.61. The van der Waals surface area contributed by atoms with Crippen LogP contribution in [0, 0.1) is 5.92 Å². The maximum Gasteiger partial charge on any atom is 0.220 e. The lowest BCUT2D eigenvalue weighted by molar-refractivity contribution is -0.121. The largest absolute Gasteiger partial charge is 0.486 e. The second-order valence-corrected chi connectivity index (χ2v) is 7.08. The summed E-state index contributed by atoms with van der Waals surface area (Å²) in [7, 11) is 1.64. The fraction of sp³-hybridized carbons (Fsp3) is 0.650. The van der Waals surface area contributed by atoms with Gasteiger partial charge < -0.3 is 19.5 Å². The van der Waals surface area contributed by atoms with E-state index in [1.54, 1.807) is 7.11 Å². The quantitative estimate of drug-likeness (QED) is 0.719. The van der Waals surface area contributed by atoms with E-state index in [2.05, 4.69) is 22.3 Å². The van der Waals surface area contributed by atoms with Gasteiger partial charge in [-0.25, -0.2) is 0 Å². The number of ether oxygens (including phenoxy) is 3. The molecule has 0 unspecified atom stereocenters. The van der Waals surface area contributed by atoms with Crippen molar-refractivity contribution in [2.75, 3.05) is 46.6 Å². The fourth-order valence-corrected chi connectivity index (χ4v) is 3.59. The van der Waals surface area contributed by atoms with E-state index in [0.717, 1.165) is 50.4 Å². The van der Waals surface area contributed by atoms with Crippen LogP contribution < -0.4 is 14.8 Å². The first kappa shape index (κ1) is 19.0. The molecule has 1 saturated heterocycles. The highest BCUT2D eigenvalue weighted by molar-refractivity contribution is 5.75. The van der Waals surface area contributed by atoms with Crippen molar-refractivity contribution >= 4 is 5.91 Å². The fourth-order valence-electron chi connectivity index (χ4n) is 3.59. The van der Waals surface area contributed by atoms with Crippen molar-refractivity contribution in [1.29, 1.82) is 0 Å². The van der Waals surface area contributed by atoms with Gasteiger partial charge in [-0.2, -0.15) is 0 Å². The second kappa shape index (κ2) is 9.78. The average Bonchev–Trinajstić information content (AvgIpc) is 2.67. The number of benzene rings is 1. The van der Waals surface area contributed by atoms with Crippen molar-refractivity contribution < 1.29 is 19.0 Å². The van der Waals surface area contributed by atoms with Crippen LogP contribution >= 0.6 is 0 Å². The molecule has 0 aliphatic carbocycles. The predicted molar refractivity (Wildman–Crippen MR) is 99.6 cm³/mol. The van der Waals surface area contributed by atoms with Gasteiger partial charge in [0.25, 0.3) is 0 Å². The summed E-state index contributed by atoms with van der Waals surface area (Å²) in [6.07, 6.45) is 3.93. The number of methoxy groups -OCH3 is 1. The molecule has 2 aliphatic rings. The summed E-state index contributed by atoms with van der Waals surface area (Å²) in [5.74, 6) is 2.51. The van der Waals surface area contributed by atoms with Crippen molar-refractivity contribution in [2.24, 2.45) is 5.92 Å². The molecule has 6 heteroatoms. The van der Waals surface area contributed by atoms with Gasteiger partial charge in [-0.15, -0.1) is 0 Å². The van der Waals surface area contributed by atoms with E-state index < -0.39 is 0 Å². The van der Waals surface area contributed by atoms with E-state index in [1.807, 2.05) is 6.07 Å². The molecule has 3 rings (SSSR count). The molecular formula is C20H30N2O4. The van der Waals surface area contributed by atoms with Crippen molar-refractivity contribution in [1.82, 2.24) is 10.2 Å². The monoisotopic (exact) mass is 362 g/mol. The zero-order valence-electron chi connectivity index (χ0n) is 15.7. The van der Waals surface area contributed by atoms with Gasteiger partial charge >= 0.3 is 0 Å². The van der Waals surface area contributed by atoms with Crippen LogP contribution in [0.2, 0.25) is 0 Å². The summed E-state index contributed by atoms with van der Waals surface area (Å²) in [6, 6.07) is 6.24. The molecule has 6 nitrogen and oxygen atoms in total. The minimum atomic E-state index is 0.140. The van der Waals surface area contributed by atoms with E-state index in [9.17, 15) is 4.79 Å². The number of nitrogens with zero attached hydrogens (tertiary/aromatic N) is 1. The molecule has 1 aromatic carbocycles. The third kappa shape index (κ3) is 5.61. The van der Waals surface area contributed by atoms with Gasteiger partial charge in [0, 0.05) is 26.6 Å². The number of fused-ring (bicyclic) bond motifs is 1. The zero-order chi connectivity index (χ0) is 18.2. The van der Waals surface area contributed by atoms with Gasteiger partial charge in [0.1, 0.15) is 13.2 Å². The van der Waals surface area contributed by atoms with Crippen LogP contribution in [0.25, 0.3) is 0 Å². The number of hydrogen-bond acceptors (Lipinski definition) is 5. The van der Waals surface area contributed by atoms with Gasteiger partial charge in [0.2, 0.25) is 5.91 Å². The highest BCUT2D eigenvalue weighted by atomic mass is 16.6. The summed E-state index contributed by atoms with van der Waals surface area (Å²) < 4.78 is 16.2. The number of nitrogens with one attached hydrogen (secondary N) is 1. The molecule has 2 aliphatic heterocycles. The van der Waals surface area contributed by atoms with Crippen LogP contribution in [0.1, 0.15) is 31.2 Å². The SMILES string of the molecule is COCCNC(=O)CCC1CCN(Cc2ccc3c(c2)OCCO3)CC1. The van der Waals surface area contributed by atoms with Crippen molar-refractivity contribution in [2.45, 2.75) is 32.2 Å². The number of likely N-dealkylation sites (tertiary alicyclic amines) is 1. The summed E-state index contributed by atoms with van der Waals surface area (Å²) in [5, 5.41) is 2.89. The smallest absolute Gasteiger partial charge is 0.220 e. The molecule has 1 aromatic rings. The minimum Gasteiger partial charge on any atom is -0.486 e. The molecular weight excluding hydrogens is 332 g/mol. The molecule has 0 bridgehead atoms. The van der Waals surface area contributed by atoms with E-state index in [1.165, 1.54) is 5.56 Å². The first-order valence-electron chi connectivity index (χ1n) is 9.61. The summed E-state index contributed by atoms with van der Waals surface area (Å²) in [6.45, 7) is 5.55. The Bertz CT molecular complexity index is 585. The highest BCUT2D eigenvalue weighted by Gasteiger charge is 2.20. The normalized spacial score (nSPS) is 17.9. The Balaban J connectivity index is 1.37. The molecule has 1 amide bonds. The first-order chi connectivity index (χ1) is 12.7. The Kier molecular flexibility index (Phi) is 7.14. The number of amides is 1. The van der Waals surface area contributed by atoms with E-state index in [4.69, 9.17) is 14.2 Å². The Labute approximate surface area is 155 Å². The number of carbonyl (C=O) groups excluding carboxylic acids is 1. The van der Waals surface area contributed by atoms with Crippen molar-refractivity contribution in [3.63, 3.8) is 0 Å². The lowest BCUT2D eigenvalue weighted by Crippen LogP contribution is -2.34. The number of carbonyl (C=O) groups is 1. The summed E-state index contributed by atoms with van der Waals surface area (Å²) in [4.78, 5) is 14.3. The van der Waals surface area contributed by atoms with Crippen LogP contribution in [-0.2, 0) is 16.1 Å². The summed E-state index contributed by atoms with van der Waals surface area (Å²) >= 11 is 0. The second-order valence-electron chi connectivity index (χ2n) is 7.08. The van der Waals surface area contributed by atoms with Gasteiger partial charge in [-0.3, -0.25) is 9.69 Å². The van der Waals surface area contributed by atoms with Gasteiger partial charge in [-0.1, -0.05) is 6.07 Å². The molecule has 0 saturated carbocycles. The third-order valence-corrected chi connectivity index (χ3v) is 5.13. The van der Waals surface area contributed by atoms with Crippen LogP contribution in [0.4, 0.5) is 0 Å². The lowest BCUT2D eigenvalue weighted by Gasteiger charge is -2.32. The Morgan fingerprint density at radius 2 is 2.00 bits per heavy atom. The topological polar surface area (TPSA) is 60.0 Å². The van der Waals surface area contributed by atoms with E-state index in [-0.39, 0.29) is 5.91 Å². The predicted octanol–water partition coefficient (Wildman–Crippen LogP) is 2.21. The molecule has 0 aromatic heterocycles. The van der Waals surface area contributed by atoms with Crippen LogP contribution in [0.3, 0.4) is 0 Å². The molecule has 144 valence electrons. The summed E-state index contributed by atoms with van der Waals surface area (Å²) in [5.41, 5.74) is 1.27. The van der Waals surface area contributed by atoms with E-state index in [0.29, 0.717) is 38.7 Å². The molecule has 0 spiro atoms. The van der Waals surface area contributed by atoms with Crippen LogP contribution in [0.15, 0.2) is 18.2 Å². The molecule has 1 N–H and O–H groups in total. The Hall–Kier alpha value is -1.79.